The lowest BCUT2D eigenvalue weighted by atomic mass is 10.3. The summed E-state index contributed by atoms with van der Waals surface area (Å²) in [5.41, 5.74) is 5.70. The zero-order chi connectivity index (χ0) is 14.3. The zero-order valence-electron chi connectivity index (χ0n) is 10.7. The molecular weight excluding hydrogens is 291 g/mol. The number of amidine groups is 1. The number of methoxy groups -OCH3 is 2. The highest BCUT2D eigenvalue weighted by atomic mass is 35.5. The molecule has 1 aromatic rings. The Bertz CT molecular complexity index is 437. The number of hydrogen-bond donors (Lipinski definition) is 1. The molecule has 7 heteroatoms. The van der Waals surface area contributed by atoms with Crippen molar-refractivity contribution in [1.82, 2.24) is 0 Å². The maximum atomic E-state index is 5.86. The van der Waals surface area contributed by atoms with E-state index in [1.165, 1.54) is 14.2 Å². The second-order valence-corrected chi connectivity index (χ2v) is 4.41. The normalized spacial score (nSPS) is 11.9. The Balaban J connectivity index is 2.46. The summed E-state index contributed by atoms with van der Waals surface area (Å²) in [7, 11) is 3.07. The minimum absolute atomic E-state index is 0.151. The summed E-state index contributed by atoms with van der Waals surface area (Å²) in [6.07, 6.45) is -0.413. The molecule has 0 amide bonds. The summed E-state index contributed by atoms with van der Waals surface area (Å²) >= 11 is 11.7. The van der Waals surface area contributed by atoms with E-state index >= 15 is 0 Å². The molecule has 2 N–H and O–H groups in total. The van der Waals surface area contributed by atoms with E-state index in [1.54, 1.807) is 18.2 Å². The minimum atomic E-state index is -0.413. The van der Waals surface area contributed by atoms with Crippen molar-refractivity contribution in [1.29, 1.82) is 0 Å². The first-order chi connectivity index (χ1) is 9.06. The summed E-state index contributed by atoms with van der Waals surface area (Å²) in [6.45, 7) is 0.460. The third-order valence-electron chi connectivity index (χ3n) is 2.25. The fourth-order valence-corrected chi connectivity index (χ4v) is 1.49. The van der Waals surface area contributed by atoms with Crippen molar-refractivity contribution in [2.45, 2.75) is 6.29 Å². The standard InChI is InChI=1S/C12H16Cl2N2O3/c1-17-12(18-2)6-16-11(15)7-19-8-3-4-9(13)10(14)5-8/h3-5,12H,6-7H2,1-2H3,(H2,15,16). The van der Waals surface area contributed by atoms with Gasteiger partial charge in [0, 0.05) is 20.3 Å². The molecule has 1 rings (SSSR count). The summed E-state index contributed by atoms with van der Waals surface area (Å²) < 4.78 is 15.4. The minimum Gasteiger partial charge on any atom is -0.486 e. The van der Waals surface area contributed by atoms with Crippen LogP contribution >= 0.6 is 23.2 Å². The molecule has 1 aromatic carbocycles. The average molecular weight is 307 g/mol. The Labute approximate surface area is 122 Å². The van der Waals surface area contributed by atoms with E-state index in [0.717, 1.165) is 0 Å². The van der Waals surface area contributed by atoms with Crippen LogP contribution in [0.25, 0.3) is 0 Å². The van der Waals surface area contributed by atoms with Crippen molar-refractivity contribution >= 4 is 29.0 Å². The highest BCUT2D eigenvalue weighted by Crippen LogP contribution is 2.26. The number of benzene rings is 1. The number of rotatable bonds is 7. The fourth-order valence-electron chi connectivity index (χ4n) is 1.21. The average Bonchev–Trinajstić information content (AvgIpc) is 2.41. The van der Waals surface area contributed by atoms with Crippen LogP contribution in [-0.2, 0) is 9.47 Å². The molecule has 0 aliphatic carbocycles. The van der Waals surface area contributed by atoms with E-state index in [9.17, 15) is 0 Å². The van der Waals surface area contributed by atoms with Crippen LogP contribution in [0, 0.1) is 0 Å². The quantitative estimate of drug-likeness (QED) is 0.477. The maximum Gasteiger partial charge on any atom is 0.176 e. The first-order valence-corrected chi connectivity index (χ1v) is 6.24. The third kappa shape index (κ3) is 5.65. The van der Waals surface area contributed by atoms with E-state index in [-0.39, 0.29) is 6.61 Å². The number of ether oxygens (including phenoxy) is 3. The molecule has 0 heterocycles. The van der Waals surface area contributed by atoms with Crippen molar-refractivity contribution < 1.29 is 14.2 Å². The molecule has 0 radical (unpaired) electrons. The molecule has 0 unspecified atom stereocenters. The van der Waals surface area contributed by atoms with Gasteiger partial charge in [0.25, 0.3) is 0 Å². The topological polar surface area (TPSA) is 66.1 Å². The largest absolute Gasteiger partial charge is 0.486 e. The molecule has 106 valence electrons. The summed E-state index contributed by atoms with van der Waals surface area (Å²) in [5.74, 6) is 0.910. The van der Waals surface area contributed by atoms with Crippen LogP contribution in [0.15, 0.2) is 23.2 Å². The van der Waals surface area contributed by atoms with Crippen LogP contribution in [0.2, 0.25) is 10.0 Å². The van der Waals surface area contributed by atoms with Crippen LogP contribution in [0.3, 0.4) is 0 Å². The van der Waals surface area contributed by atoms with Gasteiger partial charge in [0.1, 0.15) is 18.2 Å². The lowest BCUT2D eigenvalue weighted by molar-refractivity contribution is -0.0937. The number of aliphatic imine (C=N–C) groups is 1. The molecule has 0 bridgehead atoms. The lowest BCUT2D eigenvalue weighted by Gasteiger charge is -2.11. The first-order valence-electron chi connectivity index (χ1n) is 5.49. The first kappa shape index (κ1) is 16.0. The number of hydrogen-bond acceptors (Lipinski definition) is 4. The number of halogens is 2. The van der Waals surface area contributed by atoms with E-state index in [1.807, 2.05) is 0 Å². The van der Waals surface area contributed by atoms with Gasteiger partial charge in [-0.05, 0) is 12.1 Å². The summed E-state index contributed by atoms with van der Waals surface area (Å²) in [4.78, 5) is 4.08. The summed E-state index contributed by atoms with van der Waals surface area (Å²) in [5, 5.41) is 0.896. The van der Waals surface area contributed by atoms with Gasteiger partial charge < -0.3 is 19.9 Å². The Morgan fingerprint density at radius 2 is 1.95 bits per heavy atom. The van der Waals surface area contributed by atoms with Crippen LogP contribution in [-0.4, -0.2) is 39.5 Å². The van der Waals surface area contributed by atoms with E-state index in [2.05, 4.69) is 4.99 Å². The molecule has 0 saturated heterocycles. The zero-order valence-corrected chi connectivity index (χ0v) is 12.2. The highest BCUT2D eigenvalue weighted by molar-refractivity contribution is 6.42. The Kier molecular flexibility index (Phi) is 6.94. The van der Waals surface area contributed by atoms with Crippen molar-refractivity contribution in [3.8, 4) is 5.75 Å². The fraction of sp³-hybridized carbons (Fsp3) is 0.417. The van der Waals surface area contributed by atoms with Gasteiger partial charge in [-0.3, -0.25) is 4.99 Å². The molecule has 19 heavy (non-hydrogen) atoms. The monoisotopic (exact) mass is 306 g/mol. The molecule has 5 nitrogen and oxygen atoms in total. The highest BCUT2D eigenvalue weighted by Gasteiger charge is 2.04. The summed E-state index contributed by atoms with van der Waals surface area (Å²) in [6, 6.07) is 4.97. The smallest absolute Gasteiger partial charge is 0.176 e. The molecular formula is C12H16Cl2N2O3. The van der Waals surface area contributed by atoms with Gasteiger partial charge in [0.2, 0.25) is 0 Å². The van der Waals surface area contributed by atoms with Crippen LogP contribution < -0.4 is 10.5 Å². The molecule has 0 saturated carbocycles. The van der Waals surface area contributed by atoms with Crippen molar-refractivity contribution in [3.05, 3.63) is 28.2 Å². The van der Waals surface area contributed by atoms with Crippen molar-refractivity contribution in [3.63, 3.8) is 0 Å². The number of nitrogens with two attached hydrogens (primary N) is 1. The lowest BCUT2D eigenvalue weighted by Crippen LogP contribution is -2.25. The van der Waals surface area contributed by atoms with Crippen LogP contribution in [0.4, 0.5) is 0 Å². The molecule has 0 aliphatic rings. The van der Waals surface area contributed by atoms with Gasteiger partial charge in [-0.25, -0.2) is 0 Å². The van der Waals surface area contributed by atoms with Crippen molar-refractivity contribution in [2.75, 3.05) is 27.4 Å². The van der Waals surface area contributed by atoms with Crippen molar-refractivity contribution in [2.24, 2.45) is 10.7 Å². The third-order valence-corrected chi connectivity index (χ3v) is 2.99. The second-order valence-electron chi connectivity index (χ2n) is 3.60. The molecule has 0 fully saturated rings. The van der Waals surface area contributed by atoms with Crippen LogP contribution in [0.1, 0.15) is 0 Å². The van der Waals surface area contributed by atoms with Gasteiger partial charge in [0.05, 0.1) is 16.6 Å². The number of nitrogens with zero attached hydrogens (tertiary/aromatic N) is 1. The SMILES string of the molecule is COC(CN=C(N)COc1ccc(Cl)c(Cl)c1)OC. The van der Waals surface area contributed by atoms with E-state index in [4.69, 9.17) is 43.1 Å². The molecule has 0 aromatic heterocycles. The van der Waals surface area contributed by atoms with Gasteiger partial charge >= 0.3 is 0 Å². The van der Waals surface area contributed by atoms with Crippen LogP contribution in [0.5, 0.6) is 5.75 Å². The van der Waals surface area contributed by atoms with Gasteiger partial charge in [-0.1, -0.05) is 23.2 Å². The van der Waals surface area contributed by atoms with Gasteiger partial charge in [-0.2, -0.15) is 0 Å². The van der Waals surface area contributed by atoms with E-state index < -0.39 is 6.29 Å². The molecule has 0 spiro atoms. The Morgan fingerprint density at radius 1 is 1.26 bits per heavy atom. The molecule has 0 atom stereocenters. The predicted molar refractivity (Wildman–Crippen MR) is 76.3 cm³/mol. The molecule has 0 aliphatic heterocycles. The maximum absolute atomic E-state index is 5.86. The second kappa shape index (κ2) is 8.22. The van der Waals surface area contributed by atoms with Gasteiger partial charge in [-0.15, -0.1) is 0 Å². The predicted octanol–water partition coefficient (Wildman–Crippen LogP) is 2.35. The van der Waals surface area contributed by atoms with E-state index in [0.29, 0.717) is 28.2 Å². The van der Waals surface area contributed by atoms with Gasteiger partial charge in [0.15, 0.2) is 6.29 Å². The Hall–Kier alpha value is -1.01. The Morgan fingerprint density at radius 3 is 2.53 bits per heavy atom.